The zero-order valence-corrected chi connectivity index (χ0v) is 20.8. The van der Waals surface area contributed by atoms with E-state index >= 15 is 0 Å². The van der Waals surface area contributed by atoms with Crippen LogP contribution in [-0.2, 0) is 6.54 Å². The zero-order chi connectivity index (χ0) is 24.1. The van der Waals surface area contributed by atoms with Crippen LogP contribution < -0.4 is 10.2 Å². The summed E-state index contributed by atoms with van der Waals surface area (Å²) in [5, 5.41) is 10.6. The van der Waals surface area contributed by atoms with Crippen LogP contribution in [-0.4, -0.2) is 23.0 Å². The summed E-state index contributed by atoms with van der Waals surface area (Å²) >= 11 is 6.70. The third kappa shape index (κ3) is 3.69. The number of hydrogen-bond donors (Lipinski definition) is 1. The molecule has 0 bridgehead atoms. The Bertz CT molecular complexity index is 1520. The highest BCUT2D eigenvalue weighted by Gasteiger charge is 2.43. The molecule has 0 unspecified atom stereocenters. The molecule has 2 heterocycles. The lowest BCUT2D eigenvalue weighted by atomic mass is 9.97. The molecule has 34 heavy (non-hydrogen) atoms. The lowest BCUT2D eigenvalue weighted by Crippen LogP contribution is -2.29. The summed E-state index contributed by atoms with van der Waals surface area (Å²) in [4.78, 5) is 28.7. The predicted molar refractivity (Wildman–Crippen MR) is 131 cm³/mol. The lowest BCUT2D eigenvalue weighted by molar-refractivity contribution is 0.0714. The van der Waals surface area contributed by atoms with Gasteiger partial charge in [0.15, 0.2) is 16.9 Å². The molecule has 1 aromatic heterocycles. The summed E-state index contributed by atoms with van der Waals surface area (Å²) < 4.78 is 25.7. The molecule has 5 rings (SSSR count). The van der Waals surface area contributed by atoms with Gasteiger partial charge in [-0.25, -0.2) is 4.39 Å². The molecule has 6 nitrogen and oxygen atoms in total. The predicted octanol–water partition coefficient (Wildman–Crippen LogP) is 5.92. The Kier molecular flexibility index (Phi) is 5.69. The summed E-state index contributed by atoms with van der Waals surface area (Å²) in [6, 6.07) is 13.2. The van der Waals surface area contributed by atoms with Gasteiger partial charge in [-0.1, -0.05) is 28.1 Å². The van der Waals surface area contributed by atoms with Gasteiger partial charge in [-0.2, -0.15) is 0 Å². The van der Waals surface area contributed by atoms with Gasteiger partial charge < -0.3 is 19.2 Å². The fourth-order valence-corrected chi connectivity index (χ4v) is 5.02. The van der Waals surface area contributed by atoms with Crippen molar-refractivity contribution in [2.75, 3.05) is 7.11 Å². The van der Waals surface area contributed by atoms with Gasteiger partial charge in [0.1, 0.15) is 11.4 Å². The normalized spacial score (nSPS) is 15.1. The van der Waals surface area contributed by atoms with E-state index in [9.17, 15) is 19.1 Å². The molecule has 0 radical (unpaired) electrons. The average molecular weight is 589 g/mol. The first kappa shape index (κ1) is 22.6. The summed E-state index contributed by atoms with van der Waals surface area (Å²) in [6.07, 6.45) is 0. The molecular weight excluding hydrogens is 573 g/mol. The van der Waals surface area contributed by atoms with E-state index < -0.39 is 17.8 Å². The van der Waals surface area contributed by atoms with E-state index in [-0.39, 0.29) is 34.8 Å². The van der Waals surface area contributed by atoms with Crippen molar-refractivity contribution in [1.82, 2.24) is 4.90 Å². The summed E-state index contributed by atoms with van der Waals surface area (Å²) in [7, 11) is 1.41. The molecule has 9 heteroatoms. The molecule has 0 saturated heterocycles. The van der Waals surface area contributed by atoms with Crippen LogP contribution in [0.5, 0.6) is 11.5 Å². The number of ether oxygens (including phenoxy) is 1. The molecule has 3 aromatic carbocycles. The number of amides is 1. The van der Waals surface area contributed by atoms with Crippen LogP contribution in [0.4, 0.5) is 4.39 Å². The Labute approximate surface area is 209 Å². The van der Waals surface area contributed by atoms with Crippen molar-refractivity contribution < 1.29 is 23.4 Å². The van der Waals surface area contributed by atoms with Crippen molar-refractivity contribution in [3.05, 3.63) is 102 Å². The molecule has 1 aliphatic heterocycles. The molecule has 0 saturated carbocycles. The van der Waals surface area contributed by atoms with Crippen molar-refractivity contribution in [2.45, 2.75) is 12.6 Å². The highest BCUT2D eigenvalue weighted by molar-refractivity contribution is 9.10. The highest BCUT2D eigenvalue weighted by Crippen LogP contribution is 2.44. The standard InChI is InChI=1S/C25H16Br2FNO5/c1-33-19-9-13(8-17(27)23(19)31)21-20-22(30)16-10-14(26)4-7-18(16)34-24(20)25(32)29(21)11-12-2-5-15(28)6-3-12/h2-10,21,31H,11H2,1H3/t21-/m0/s1. The van der Waals surface area contributed by atoms with Gasteiger partial charge in [0, 0.05) is 11.0 Å². The number of methoxy groups -OCH3 is 1. The van der Waals surface area contributed by atoms with Crippen molar-refractivity contribution in [1.29, 1.82) is 0 Å². The molecule has 1 amide bonds. The van der Waals surface area contributed by atoms with Crippen molar-refractivity contribution in [3.63, 3.8) is 0 Å². The van der Waals surface area contributed by atoms with E-state index in [1.165, 1.54) is 24.1 Å². The minimum atomic E-state index is -0.821. The van der Waals surface area contributed by atoms with E-state index in [2.05, 4.69) is 31.9 Å². The van der Waals surface area contributed by atoms with Crippen LogP contribution in [0.1, 0.15) is 33.3 Å². The SMILES string of the molecule is COc1cc([C@H]2c3c(oc4ccc(Br)cc4c3=O)C(=O)N2Cc2ccc(F)cc2)cc(Br)c1O. The monoisotopic (exact) mass is 587 g/mol. The molecule has 0 aliphatic carbocycles. The number of phenols is 1. The minimum absolute atomic E-state index is 0.0462. The summed E-state index contributed by atoms with van der Waals surface area (Å²) in [5.74, 6) is -0.822. The number of aromatic hydroxyl groups is 1. The maximum absolute atomic E-state index is 13.6. The third-order valence-electron chi connectivity index (χ3n) is 5.78. The third-order valence-corrected chi connectivity index (χ3v) is 6.88. The van der Waals surface area contributed by atoms with Crippen LogP contribution in [0.25, 0.3) is 11.0 Å². The van der Waals surface area contributed by atoms with Gasteiger partial charge in [-0.3, -0.25) is 9.59 Å². The van der Waals surface area contributed by atoms with Crippen LogP contribution in [0.15, 0.2) is 72.8 Å². The fourth-order valence-electron chi connectivity index (χ4n) is 4.20. The van der Waals surface area contributed by atoms with Gasteiger partial charge >= 0.3 is 0 Å². The van der Waals surface area contributed by atoms with E-state index in [1.54, 1.807) is 42.5 Å². The largest absolute Gasteiger partial charge is 0.503 e. The summed E-state index contributed by atoms with van der Waals surface area (Å²) in [6.45, 7) is 0.105. The lowest BCUT2D eigenvalue weighted by Gasteiger charge is -2.26. The van der Waals surface area contributed by atoms with E-state index in [0.29, 0.717) is 31.0 Å². The van der Waals surface area contributed by atoms with Crippen molar-refractivity contribution in [2.24, 2.45) is 0 Å². The fraction of sp³-hybridized carbons (Fsp3) is 0.120. The van der Waals surface area contributed by atoms with Crippen LogP contribution in [0.2, 0.25) is 0 Å². The van der Waals surface area contributed by atoms with E-state index in [0.717, 1.165) is 0 Å². The second kappa shape index (κ2) is 8.56. The smallest absolute Gasteiger partial charge is 0.291 e. The van der Waals surface area contributed by atoms with E-state index in [1.807, 2.05) is 0 Å². The summed E-state index contributed by atoms with van der Waals surface area (Å²) in [5.41, 5.74) is 1.37. The number of carbonyl (C=O) groups excluding carboxylic acids is 1. The number of halogens is 3. The second-order valence-electron chi connectivity index (χ2n) is 7.83. The maximum Gasteiger partial charge on any atom is 0.291 e. The topological polar surface area (TPSA) is 80.0 Å². The van der Waals surface area contributed by atoms with Gasteiger partial charge in [0.2, 0.25) is 5.76 Å². The maximum atomic E-state index is 13.6. The number of hydrogen-bond acceptors (Lipinski definition) is 5. The molecule has 0 fully saturated rings. The zero-order valence-electron chi connectivity index (χ0n) is 17.6. The number of fused-ring (bicyclic) bond motifs is 2. The van der Waals surface area contributed by atoms with Gasteiger partial charge in [-0.05, 0) is 69.5 Å². The van der Waals surface area contributed by atoms with E-state index in [4.69, 9.17) is 9.15 Å². The number of rotatable bonds is 4. The van der Waals surface area contributed by atoms with Crippen LogP contribution in [0, 0.1) is 5.82 Å². The quantitative estimate of drug-likeness (QED) is 0.320. The van der Waals surface area contributed by atoms with Gasteiger partial charge in [0.05, 0.1) is 28.6 Å². The number of carbonyl (C=O) groups is 1. The number of phenolic OH excluding ortho intramolecular Hbond substituents is 1. The highest BCUT2D eigenvalue weighted by atomic mass is 79.9. The molecule has 1 aliphatic rings. The van der Waals surface area contributed by atoms with Crippen LogP contribution in [0.3, 0.4) is 0 Å². The first-order valence-electron chi connectivity index (χ1n) is 10.2. The number of benzene rings is 3. The Hall–Kier alpha value is -3.17. The van der Waals surface area contributed by atoms with Crippen LogP contribution >= 0.6 is 31.9 Å². The Morgan fingerprint density at radius 3 is 2.53 bits per heavy atom. The molecule has 1 N–H and O–H groups in total. The van der Waals surface area contributed by atoms with Crippen molar-refractivity contribution in [3.8, 4) is 11.5 Å². The number of nitrogens with zero attached hydrogens (tertiary/aromatic N) is 1. The molecule has 172 valence electrons. The average Bonchev–Trinajstić information content (AvgIpc) is 3.09. The Balaban J connectivity index is 1.76. The first-order valence-corrected chi connectivity index (χ1v) is 11.7. The molecule has 0 spiro atoms. The Morgan fingerprint density at radius 2 is 1.82 bits per heavy atom. The molecule has 4 aromatic rings. The van der Waals surface area contributed by atoms with Gasteiger partial charge in [-0.15, -0.1) is 0 Å². The Morgan fingerprint density at radius 1 is 1.09 bits per heavy atom. The minimum Gasteiger partial charge on any atom is -0.503 e. The molecule has 1 atom stereocenters. The first-order chi connectivity index (χ1) is 16.3. The molecular formula is C25H16Br2FNO5. The second-order valence-corrected chi connectivity index (χ2v) is 9.60. The van der Waals surface area contributed by atoms with Gasteiger partial charge in [0.25, 0.3) is 5.91 Å². The van der Waals surface area contributed by atoms with Crippen molar-refractivity contribution >= 4 is 48.7 Å².